The van der Waals surface area contributed by atoms with E-state index >= 15 is 0 Å². The molecule has 3 aromatic rings. The number of carboxylic acid groups (broad SMARTS) is 1. The average Bonchev–Trinajstić information content (AvgIpc) is 3.24. The van der Waals surface area contributed by atoms with Crippen molar-refractivity contribution < 1.29 is 23.1 Å². The van der Waals surface area contributed by atoms with E-state index in [1.807, 2.05) is 12.1 Å². The number of hydrogen-bond acceptors (Lipinski definition) is 5. The zero-order valence-corrected chi connectivity index (χ0v) is 19.7. The number of benzene rings is 3. The molecular formula is C23H20BrN3O5S. The Labute approximate surface area is 199 Å². The number of nitrogens with two attached hydrogens (primary N) is 1. The lowest BCUT2D eigenvalue weighted by atomic mass is 10.1. The molecule has 0 atom stereocenters. The summed E-state index contributed by atoms with van der Waals surface area (Å²) >= 11 is 3.21. The van der Waals surface area contributed by atoms with Gasteiger partial charge in [-0.2, -0.15) is 0 Å². The van der Waals surface area contributed by atoms with E-state index in [4.69, 9.17) is 5.73 Å². The van der Waals surface area contributed by atoms with E-state index in [0.29, 0.717) is 28.7 Å². The molecule has 4 N–H and O–H groups in total. The number of anilines is 2. The van der Waals surface area contributed by atoms with Gasteiger partial charge in [-0.3, -0.25) is 9.10 Å². The van der Waals surface area contributed by atoms with Crippen LogP contribution in [0.25, 0.3) is 0 Å². The summed E-state index contributed by atoms with van der Waals surface area (Å²) in [7, 11) is -3.98. The molecule has 33 heavy (non-hydrogen) atoms. The van der Waals surface area contributed by atoms with Crippen molar-refractivity contribution in [1.82, 2.24) is 0 Å². The number of carbonyl (C=O) groups is 2. The molecule has 0 bridgehead atoms. The lowest BCUT2D eigenvalue weighted by molar-refractivity contribution is 0.0698. The van der Waals surface area contributed by atoms with Crippen molar-refractivity contribution in [2.45, 2.75) is 17.9 Å². The summed E-state index contributed by atoms with van der Waals surface area (Å²) in [5.74, 6) is -1.84. The Morgan fingerprint density at radius 3 is 2.58 bits per heavy atom. The van der Waals surface area contributed by atoms with Crippen LogP contribution in [0.1, 0.15) is 31.8 Å². The fourth-order valence-electron chi connectivity index (χ4n) is 3.78. The predicted molar refractivity (Wildman–Crippen MR) is 128 cm³/mol. The molecule has 0 aliphatic carbocycles. The van der Waals surface area contributed by atoms with E-state index in [-0.39, 0.29) is 28.3 Å². The molecule has 4 rings (SSSR count). The molecular weight excluding hydrogens is 510 g/mol. The summed E-state index contributed by atoms with van der Waals surface area (Å²) in [6, 6.07) is 16.0. The average molecular weight is 530 g/mol. The van der Waals surface area contributed by atoms with Crippen LogP contribution in [0.15, 0.2) is 70.0 Å². The normalized spacial score (nSPS) is 13.0. The Morgan fingerprint density at radius 1 is 1.09 bits per heavy atom. The number of halogens is 1. The molecule has 1 heterocycles. The second kappa shape index (κ2) is 8.97. The van der Waals surface area contributed by atoms with Gasteiger partial charge in [0.15, 0.2) is 0 Å². The van der Waals surface area contributed by atoms with Crippen LogP contribution in [0, 0.1) is 0 Å². The summed E-state index contributed by atoms with van der Waals surface area (Å²) < 4.78 is 29.0. The topological polar surface area (TPSA) is 130 Å². The fraction of sp³-hybridized carbons (Fsp3) is 0.130. The van der Waals surface area contributed by atoms with Crippen LogP contribution in [0.5, 0.6) is 0 Å². The van der Waals surface area contributed by atoms with Gasteiger partial charge in [-0.25, -0.2) is 13.2 Å². The summed E-state index contributed by atoms with van der Waals surface area (Å²) in [4.78, 5) is 24.4. The van der Waals surface area contributed by atoms with Crippen LogP contribution in [0.4, 0.5) is 11.4 Å². The third-order valence-corrected chi connectivity index (χ3v) is 7.81. The van der Waals surface area contributed by atoms with Gasteiger partial charge in [0.05, 0.1) is 21.8 Å². The summed E-state index contributed by atoms with van der Waals surface area (Å²) in [6.45, 7) is 0.269. The highest BCUT2D eigenvalue weighted by Gasteiger charge is 2.32. The third-order valence-electron chi connectivity index (χ3n) is 5.42. The van der Waals surface area contributed by atoms with Crippen molar-refractivity contribution >= 4 is 49.2 Å². The van der Waals surface area contributed by atoms with Crippen LogP contribution in [-0.4, -0.2) is 31.9 Å². The van der Waals surface area contributed by atoms with Gasteiger partial charge in [0, 0.05) is 23.1 Å². The van der Waals surface area contributed by atoms with Crippen molar-refractivity contribution in [3.63, 3.8) is 0 Å². The van der Waals surface area contributed by atoms with Crippen LogP contribution in [0.3, 0.4) is 0 Å². The molecule has 10 heteroatoms. The molecule has 170 valence electrons. The number of aromatic carboxylic acids is 1. The molecule has 1 amide bonds. The fourth-order valence-corrected chi connectivity index (χ4v) is 5.90. The lowest BCUT2D eigenvalue weighted by Gasteiger charge is -2.21. The van der Waals surface area contributed by atoms with Gasteiger partial charge in [-0.05, 0) is 53.9 Å². The number of nitrogens with zero attached hydrogens (tertiary/aromatic N) is 1. The zero-order chi connectivity index (χ0) is 23.8. The van der Waals surface area contributed by atoms with E-state index in [0.717, 1.165) is 5.56 Å². The number of carbonyl (C=O) groups excluding carboxylic acids is 1. The minimum Gasteiger partial charge on any atom is -0.478 e. The summed E-state index contributed by atoms with van der Waals surface area (Å²) in [6.07, 6.45) is 0.592. The van der Waals surface area contributed by atoms with Gasteiger partial charge in [0.1, 0.15) is 0 Å². The van der Waals surface area contributed by atoms with Gasteiger partial charge in [-0.15, -0.1) is 0 Å². The molecule has 0 fully saturated rings. The quantitative estimate of drug-likeness (QED) is 0.447. The number of para-hydroxylation sites is 1. The van der Waals surface area contributed by atoms with Crippen LogP contribution in [-0.2, 0) is 23.0 Å². The van der Waals surface area contributed by atoms with Crippen molar-refractivity contribution in [2.24, 2.45) is 5.73 Å². The molecule has 0 saturated carbocycles. The van der Waals surface area contributed by atoms with Gasteiger partial charge in [-0.1, -0.05) is 40.2 Å². The Bertz CT molecular complexity index is 1370. The molecule has 1 aliphatic rings. The van der Waals surface area contributed by atoms with Crippen LogP contribution in [0.2, 0.25) is 0 Å². The second-order valence-electron chi connectivity index (χ2n) is 7.43. The van der Waals surface area contributed by atoms with Crippen molar-refractivity contribution in [3.05, 3.63) is 87.4 Å². The number of rotatable bonds is 6. The SMILES string of the molecule is NCc1ccc(C(=O)Nc2ccc(Br)cc2C(=O)O)cc1S(=O)(=O)N1CCc2ccccc21. The molecule has 0 spiro atoms. The molecule has 0 radical (unpaired) electrons. The van der Waals surface area contributed by atoms with E-state index < -0.39 is 21.9 Å². The Balaban J connectivity index is 1.71. The minimum absolute atomic E-state index is 0.0260. The predicted octanol–water partition coefficient (Wildman–Crippen LogP) is 3.61. The van der Waals surface area contributed by atoms with E-state index in [1.54, 1.807) is 18.2 Å². The number of hydrogen-bond donors (Lipinski definition) is 3. The smallest absolute Gasteiger partial charge is 0.337 e. The maximum Gasteiger partial charge on any atom is 0.337 e. The first-order chi connectivity index (χ1) is 15.7. The molecule has 0 aromatic heterocycles. The monoisotopic (exact) mass is 529 g/mol. The van der Waals surface area contributed by atoms with E-state index in [2.05, 4.69) is 21.2 Å². The van der Waals surface area contributed by atoms with Gasteiger partial charge < -0.3 is 16.2 Å². The maximum atomic E-state index is 13.5. The molecule has 1 aliphatic heterocycles. The Morgan fingerprint density at radius 2 is 1.85 bits per heavy atom. The number of nitrogens with one attached hydrogen (secondary N) is 1. The largest absolute Gasteiger partial charge is 0.478 e. The summed E-state index contributed by atoms with van der Waals surface area (Å²) in [5, 5.41) is 12.0. The van der Waals surface area contributed by atoms with Gasteiger partial charge in [0.25, 0.3) is 15.9 Å². The highest BCUT2D eigenvalue weighted by Crippen LogP contribution is 2.34. The standard InChI is InChI=1S/C23H20BrN3O5S/c24-17-7-8-19(18(12-17)23(29)30)26-22(28)15-5-6-16(13-25)21(11-15)33(31,32)27-10-9-14-3-1-2-4-20(14)27/h1-8,11-12H,9-10,13,25H2,(H,26,28)(H,29,30). The second-order valence-corrected chi connectivity index (χ2v) is 10.2. The van der Waals surface area contributed by atoms with Crippen molar-refractivity contribution in [1.29, 1.82) is 0 Å². The van der Waals surface area contributed by atoms with E-state index in [1.165, 1.54) is 34.6 Å². The summed E-state index contributed by atoms with van der Waals surface area (Å²) in [5.41, 5.74) is 7.79. The first-order valence-electron chi connectivity index (χ1n) is 10.00. The van der Waals surface area contributed by atoms with Crippen molar-refractivity contribution in [3.8, 4) is 0 Å². The Hall–Kier alpha value is -3.21. The first-order valence-corrected chi connectivity index (χ1v) is 12.2. The highest BCUT2D eigenvalue weighted by molar-refractivity contribution is 9.10. The number of fused-ring (bicyclic) bond motifs is 1. The number of amides is 1. The highest BCUT2D eigenvalue weighted by atomic mass is 79.9. The molecule has 0 saturated heterocycles. The van der Waals surface area contributed by atoms with Gasteiger partial charge in [0.2, 0.25) is 0 Å². The number of carboxylic acids is 1. The minimum atomic E-state index is -3.98. The maximum absolute atomic E-state index is 13.5. The Kier molecular flexibility index (Phi) is 6.24. The molecule has 8 nitrogen and oxygen atoms in total. The lowest BCUT2D eigenvalue weighted by Crippen LogP contribution is -2.30. The zero-order valence-electron chi connectivity index (χ0n) is 17.3. The van der Waals surface area contributed by atoms with Crippen LogP contribution >= 0.6 is 15.9 Å². The molecule has 3 aromatic carbocycles. The third kappa shape index (κ3) is 4.37. The van der Waals surface area contributed by atoms with Crippen molar-refractivity contribution in [2.75, 3.05) is 16.2 Å². The van der Waals surface area contributed by atoms with Gasteiger partial charge >= 0.3 is 5.97 Å². The van der Waals surface area contributed by atoms with E-state index in [9.17, 15) is 23.1 Å². The first kappa shape index (κ1) is 23.0. The number of sulfonamides is 1. The molecule has 0 unspecified atom stereocenters. The van der Waals surface area contributed by atoms with Crippen LogP contribution < -0.4 is 15.4 Å².